The molecule has 4 rings (SSSR count). The first-order valence-electron chi connectivity index (χ1n) is 9.93. The number of ketones is 2. The van der Waals surface area contributed by atoms with E-state index in [4.69, 9.17) is 9.47 Å². The Labute approximate surface area is 179 Å². The zero-order chi connectivity index (χ0) is 22.2. The van der Waals surface area contributed by atoms with Crippen molar-refractivity contribution in [3.8, 4) is 16.9 Å². The zero-order valence-corrected chi connectivity index (χ0v) is 17.1. The third-order valence-electron chi connectivity index (χ3n) is 5.30. The van der Waals surface area contributed by atoms with Crippen molar-refractivity contribution in [2.24, 2.45) is 0 Å². The number of esters is 2. The molecule has 2 aromatic carbocycles. The normalized spacial score (nSPS) is 16.8. The van der Waals surface area contributed by atoms with Crippen molar-refractivity contribution >= 4 is 23.5 Å². The zero-order valence-electron chi connectivity index (χ0n) is 17.1. The maximum Gasteiger partial charge on any atom is 0.308 e. The quantitative estimate of drug-likeness (QED) is 0.428. The van der Waals surface area contributed by atoms with Crippen LogP contribution in [-0.2, 0) is 29.5 Å². The predicted octanol–water partition coefficient (Wildman–Crippen LogP) is 3.84. The lowest BCUT2D eigenvalue weighted by molar-refractivity contribution is -0.168. The van der Waals surface area contributed by atoms with Crippen molar-refractivity contribution < 1.29 is 28.7 Å². The van der Waals surface area contributed by atoms with Crippen LogP contribution in [0.1, 0.15) is 32.3 Å². The molecular weight excluding hydrogens is 396 g/mol. The van der Waals surface area contributed by atoms with Gasteiger partial charge >= 0.3 is 11.9 Å². The molecule has 2 aromatic rings. The number of hydrogen-bond acceptors (Lipinski definition) is 6. The first kappa shape index (κ1) is 20.5. The third-order valence-corrected chi connectivity index (χ3v) is 5.30. The Morgan fingerprint density at radius 2 is 1.42 bits per heavy atom. The van der Waals surface area contributed by atoms with E-state index in [0.717, 1.165) is 12.5 Å². The highest BCUT2D eigenvalue weighted by Crippen LogP contribution is 2.47. The van der Waals surface area contributed by atoms with Gasteiger partial charge in [-0.1, -0.05) is 48.6 Å². The van der Waals surface area contributed by atoms with Gasteiger partial charge in [0.1, 0.15) is 5.75 Å². The summed E-state index contributed by atoms with van der Waals surface area (Å²) >= 11 is 0. The Morgan fingerprint density at radius 1 is 0.806 bits per heavy atom. The molecule has 156 valence electrons. The molecule has 31 heavy (non-hydrogen) atoms. The highest BCUT2D eigenvalue weighted by atomic mass is 16.6. The van der Waals surface area contributed by atoms with Crippen LogP contribution in [0.2, 0.25) is 0 Å². The van der Waals surface area contributed by atoms with Gasteiger partial charge in [0.2, 0.25) is 11.6 Å². The van der Waals surface area contributed by atoms with Gasteiger partial charge in [-0.15, -0.1) is 0 Å². The summed E-state index contributed by atoms with van der Waals surface area (Å²) in [7, 11) is 0. The number of allylic oxidation sites excluding steroid dienone is 2. The summed E-state index contributed by atoms with van der Waals surface area (Å²) in [6.07, 6.45) is 4.59. The first-order valence-corrected chi connectivity index (χ1v) is 9.93. The molecule has 0 amide bonds. The second kappa shape index (κ2) is 7.80. The molecule has 0 heterocycles. The van der Waals surface area contributed by atoms with Crippen LogP contribution in [0.3, 0.4) is 0 Å². The van der Waals surface area contributed by atoms with Gasteiger partial charge in [0, 0.05) is 25.0 Å². The molecule has 0 bridgehead atoms. The number of fused-ring (bicyclic) bond motifs is 1. The molecule has 0 unspecified atom stereocenters. The molecule has 6 nitrogen and oxygen atoms in total. The fraction of sp³-hybridized carbons (Fsp3) is 0.200. The average Bonchev–Trinajstić information content (AvgIpc) is 2.96. The van der Waals surface area contributed by atoms with Crippen LogP contribution in [0.5, 0.6) is 5.75 Å². The maximum atomic E-state index is 13.5. The predicted molar refractivity (Wildman–Crippen MR) is 112 cm³/mol. The van der Waals surface area contributed by atoms with E-state index < -0.39 is 29.1 Å². The third kappa shape index (κ3) is 3.40. The van der Waals surface area contributed by atoms with Crippen molar-refractivity contribution in [1.29, 1.82) is 0 Å². The van der Waals surface area contributed by atoms with Crippen LogP contribution in [0.15, 0.2) is 71.8 Å². The summed E-state index contributed by atoms with van der Waals surface area (Å²) in [6.45, 7) is 2.36. The minimum Gasteiger partial charge on any atom is -0.437 e. The minimum absolute atomic E-state index is 0.00310. The van der Waals surface area contributed by atoms with E-state index >= 15 is 0 Å². The number of carbonyl (C=O) groups excluding carboxylic acids is 4. The monoisotopic (exact) mass is 416 g/mol. The van der Waals surface area contributed by atoms with Crippen LogP contribution in [-0.4, -0.2) is 23.5 Å². The highest BCUT2D eigenvalue weighted by Gasteiger charge is 2.60. The van der Waals surface area contributed by atoms with Gasteiger partial charge in [0.05, 0.1) is 5.56 Å². The number of rotatable bonds is 4. The van der Waals surface area contributed by atoms with Crippen LogP contribution in [0.4, 0.5) is 0 Å². The van der Waals surface area contributed by atoms with Crippen LogP contribution < -0.4 is 4.74 Å². The molecule has 2 aliphatic carbocycles. The van der Waals surface area contributed by atoms with Crippen LogP contribution in [0, 0.1) is 0 Å². The van der Waals surface area contributed by atoms with Crippen molar-refractivity contribution in [2.45, 2.75) is 32.3 Å². The smallest absolute Gasteiger partial charge is 0.308 e. The van der Waals surface area contributed by atoms with E-state index in [2.05, 4.69) is 0 Å². The standard InChI is InChI=1S/C25H20O6/c1-15(26)30-22-14-18(17-8-4-3-5-9-17)12-13-21(22)25(31-16(2)27)23(28)19-10-6-7-11-20(19)24(25)29/h3-5,8-14H,6-7H2,1-2H3. The fourth-order valence-corrected chi connectivity index (χ4v) is 4.06. The Balaban J connectivity index is 1.96. The van der Waals surface area contributed by atoms with E-state index in [0.29, 0.717) is 18.4 Å². The van der Waals surface area contributed by atoms with Gasteiger partial charge in [-0.25, -0.2) is 0 Å². The number of ether oxygens (including phenoxy) is 2. The molecule has 0 radical (unpaired) electrons. The fourth-order valence-electron chi connectivity index (χ4n) is 4.06. The Kier molecular flexibility index (Phi) is 5.15. The molecule has 0 atom stereocenters. The molecule has 2 aliphatic rings. The summed E-state index contributed by atoms with van der Waals surface area (Å²) in [4.78, 5) is 50.8. The summed E-state index contributed by atoms with van der Waals surface area (Å²) in [5.74, 6) is -2.67. The molecule has 0 spiro atoms. The maximum absolute atomic E-state index is 13.5. The van der Waals surface area contributed by atoms with E-state index in [1.54, 1.807) is 24.3 Å². The van der Waals surface area contributed by atoms with Crippen molar-refractivity contribution in [3.05, 3.63) is 77.4 Å². The Morgan fingerprint density at radius 3 is 1.97 bits per heavy atom. The number of carbonyl (C=O) groups is 4. The second-order valence-electron chi connectivity index (χ2n) is 7.42. The molecule has 1 fully saturated rings. The molecule has 0 aromatic heterocycles. The van der Waals surface area contributed by atoms with Gasteiger partial charge in [0.25, 0.3) is 5.60 Å². The summed E-state index contributed by atoms with van der Waals surface area (Å²) < 4.78 is 10.9. The van der Waals surface area contributed by atoms with E-state index in [9.17, 15) is 19.2 Å². The largest absolute Gasteiger partial charge is 0.437 e. The van der Waals surface area contributed by atoms with Crippen molar-refractivity contribution in [1.82, 2.24) is 0 Å². The lowest BCUT2D eigenvalue weighted by Gasteiger charge is -2.27. The first-order chi connectivity index (χ1) is 14.8. The number of benzene rings is 2. The van der Waals surface area contributed by atoms with Gasteiger partial charge in [-0.2, -0.15) is 0 Å². The average molecular weight is 416 g/mol. The van der Waals surface area contributed by atoms with Crippen molar-refractivity contribution in [2.75, 3.05) is 0 Å². The van der Waals surface area contributed by atoms with Gasteiger partial charge < -0.3 is 9.47 Å². The highest BCUT2D eigenvalue weighted by molar-refractivity contribution is 6.35. The Bertz CT molecular complexity index is 1140. The molecule has 0 aliphatic heterocycles. The minimum atomic E-state index is -2.21. The van der Waals surface area contributed by atoms with E-state index in [-0.39, 0.29) is 22.5 Å². The summed E-state index contributed by atoms with van der Waals surface area (Å²) in [5, 5.41) is 0. The molecule has 6 heteroatoms. The van der Waals surface area contributed by atoms with Gasteiger partial charge in [-0.3, -0.25) is 19.2 Å². The topological polar surface area (TPSA) is 86.7 Å². The van der Waals surface area contributed by atoms with Gasteiger partial charge in [0.15, 0.2) is 0 Å². The summed E-state index contributed by atoms with van der Waals surface area (Å²) in [6, 6.07) is 14.1. The van der Waals surface area contributed by atoms with Crippen LogP contribution in [0.25, 0.3) is 11.1 Å². The van der Waals surface area contributed by atoms with Crippen LogP contribution >= 0.6 is 0 Å². The molecule has 0 N–H and O–H groups in total. The molecular formula is C25H20O6. The van der Waals surface area contributed by atoms with Crippen molar-refractivity contribution in [3.63, 3.8) is 0 Å². The lowest BCUT2D eigenvalue weighted by Crippen LogP contribution is -2.43. The van der Waals surface area contributed by atoms with E-state index in [1.165, 1.54) is 13.0 Å². The summed E-state index contributed by atoms with van der Waals surface area (Å²) in [5.41, 5.74) is -0.145. The second-order valence-corrected chi connectivity index (χ2v) is 7.42. The lowest BCUT2D eigenvalue weighted by atomic mass is 9.87. The number of Topliss-reactive ketones (excluding diaryl/α,β-unsaturated/α-hetero) is 2. The van der Waals surface area contributed by atoms with Gasteiger partial charge in [-0.05, 0) is 36.1 Å². The SMILES string of the molecule is CC(=O)Oc1cc(-c2ccccc2)ccc1C1(OC(C)=O)C(=O)C2=CCCC=C2C1=O. The molecule has 1 saturated carbocycles. The number of hydrogen-bond donors (Lipinski definition) is 0. The van der Waals surface area contributed by atoms with E-state index in [1.807, 2.05) is 30.3 Å². The Hall–Kier alpha value is -3.80. The molecule has 0 saturated heterocycles.